The molecule has 0 spiro atoms. The average Bonchev–Trinajstić information content (AvgIpc) is 2.68. The normalized spacial score (nSPS) is 14.8. The highest BCUT2D eigenvalue weighted by atomic mass is 16.6. The molecule has 15 heavy (non-hydrogen) atoms. The summed E-state index contributed by atoms with van der Waals surface area (Å²) in [6, 6.07) is 9.82. The smallest absolute Gasteiger partial charge is 0.523 e. The molecule has 1 aromatic carbocycles. The monoisotopic (exact) mass is 201 g/mol. The Morgan fingerprint density at radius 3 is 2.40 bits per heavy atom. The highest BCUT2D eigenvalue weighted by Gasteiger charge is 2.33. The molecule has 1 aromatic rings. The number of para-hydroxylation sites is 2. The van der Waals surface area contributed by atoms with Gasteiger partial charge >= 0.3 is 7.12 Å². The summed E-state index contributed by atoms with van der Waals surface area (Å²) in [5.74, 6) is 1.55. The maximum absolute atomic E-state index is 8.84. The van der Waals surface area contributed by atoms with Crippen molar-refractivity contribution in [3.8, 4) is 17.6 Å². The van der Waals surface area contributed by atoms with Gasteiger partial charge in [0.25, 0.3) is 0 Å². The predicted molar refractivity (Wildman–Crippen MR) is 57.7 cm³/mol. The quantitative estimate of drug-likeness (QED) is 0.705. The third kappa shape index (κ3) is 2.07. The maximum Gasteiger partial charge on any atom is 0.596 e. The highest BCUT2D eigenvalue weighted by molar-refractivity contribution is 6.47. The van der Waals surface area contributed by atoms with Gasteiger partial charge in [-0.15, -0.1) is 0 Å². The molecule has 0 radical (unpaired) electrons. The van der Waals surface area contributed by atoms with Gasteiger partial charge in [-0.25, -0.2) is 0 Å². The van der Waals surface area contributed by atoms with Crippen molar-refractivity contribution in [1.29, 1.82) is 5.26 Å². The van der Waals surface area contributed by atoms with E-state index < -0.39 is 0 Å². The standard InChI is InChI=1S/C11H12BNO2/c1-2-9(8-13)7-12-14-10-5-3-4-6-11(10)15-12/h3-6,9H,2,7H2,1H3. The summed E-state index contributed by atoms with van der Waals surface area (Å²) in [6.45, 7) is 2.00. The van der Waals surface area contributed by atoms with Gasteiger partial charge in [0.05, 0.1) is 6.07 Å². The summed E-state index contributed by atoms with van der Waals surface area (Å²) in [6.07, 6.45) is 1.46. The van der Waals surface area contributed by atoms with Crippen molar-refractivity contribution in [1.82, 2.24) is 0 Å². The molecule has 3 nitrogen and oxygen atoms in total. The van der Waals surface area contributed by atoms with Crippen LogP contribution in [0.3, 0.4) is 0 Å². The van der Waals surface area contributed by atoms with E-state index in [9.17, 15) is 0 Å². The first kappa shape index (κ1) is 9.91. The predicted octanol–water partition coefficient (Wildman–Crippen LogP) is 2.50. The van der Waals surface area contributed by atoms with Gasteiger partial charge in [-0.05, 0) is 18.6 Å². The summed E-state index contributed by atoms with van der Waals surface area (Å²) in [5.41, 5.74) is 0. The molecule has 4 heteroatoms. The van der Waals surface area contributed by atoms with E-state index in [-0.39, 0.29) is 13.0 Å². The molecule has 1 unspecified atom stereocenters. The molecule has 0 fully saturated rings. The second kappa shape index (κ2) is 4.27. The van der Waals surface area contributed by atoms with E-state index in [4.69, 9.17) is 14.6 Å². The van der Waals surface area contributed by atoms with Crippen LogP contribution in [0.1, 0.15) is 13.3 Å². The fourth-order valence-electron chi connectivity index (χ4n) is 1.59. The Hall–Kier alpha value is -1.63. The van der Waals surface area contributed by atoms with Crippen LogP contribution >= 0.6 is 0 Å². The van der Waals surface area contributed by atoms with Crippen molar-refractivity contribution in [2.75, 3.05) is 0 Å². The fraction of sp³-hybridized carbons (Fsp3) is 0.364. The molecule has 0 saturated carbocycles. The first-order valence-electron chi connectivity index (χ1n) is 5.15. The van der Waals surface area contributed by atoms with Crippen LogP contribution in [0.2, 0.25) is 6.32 Å². The van der Waals surface area contributed by atoms with Gasteiger partial charge in [-0.3, -0.25) is 0 Å². The Kier molecular flexibility index (Phi) is 2.82. The third-order valence-corrected chi connectivity index (χ3v) is 2.52. The lowest BCUT2D eigenvalue weighted by Gasteiger charge is -2.07. The molecule has 1 aliphatic rings. The topological polar surface area (TPSA) is 42.2 Å². The lowest BCUT2D eigenvalue weighted by Crippen LogP contribution is -2.26. The first-order valence-corrected chi connectivity index (χ1v) is 5.15. The number of hydrogen-bond acceptors (Lipinski definition) is 3. The zero-order chi connectivity index (χ0) is 10.7. The average molecular weight is 201 g/mol. The van der Waals surface area contributed by atoms with Crippen LogP contribution in [-0.4, -0.2) is 7.12 Å². The van der Waals surface area contributed by atoms with E-state index in [1.807, 2.05) is 31.2 Å². The highest BCUT2D eigenvalue weighted by Crippen LogP contribution is 2.34. The van der Waals surface area contributed by atoms with Crippen LogP contribution in [0, 0.1) is 17.2 Å². The molecule has 0 saturated heterocycles. The minimum Gasteiger partial charge on any atom is -0.523 e. The Morgan fingerprint density at radius 2 is 1.93 bits per heavy atom. The Morgan fingerprint density at radius 1 is 1.33 bits per heavy atom. The summed E-state index contributed by atoms with van der Waals surface area (Å²) in [4.78, 5) is 0. The van der Waals surface area contributed by atoms with Crippen molar-refractivity contribution in [2.24, 2.45) is 5.92 Å². The van der Waals surface area contributed by atoms with E-state index in [2.05, 4.69) is 6.07 Å². The van der Waals surface area contributed by atoms with Gasteiger partial charge in [-0.2, -0.15) is 5.26 Å². The number of rotatable bonds is 3. The minimum absolute atomic E-state index is 0.00399. The SMILES string of the molecule is CCC(C#N)CB1Oc2ccccc2O1. The van der Waals surface area contributed by atoms with Crippen LogP contribution in [0.5, 0.6) is 11.5 Å². The van der Waals surface area contributed by atoms with Crippen LogP contribution < -0.4 is 9.31 Å². The summed E-state index contributed by atoms with van der Waals surface area (Å²) < 4.78 is 11.1. The van der Waals surface area contributed by atoms with E-state index in [1.165, 1.54) is 0 Å². The van der Waals surface area contributed by atoms with Crippen LogP contribution in [0.15, 0.2) is 24.3 Å². The Balaban J connectivity index is 1.99. The minimum atomic E-state index is -0.299. The maximum atomic E-state index is 8.84. The third-order valence-electron chi connectivity index (χ3n) is 2.52. The van der Waals surface area contributed by atoms with Crippen molar-refractivity contribution >= 4 is 7.12 Å². The molecule has 0 N–H and O–H groups in total. The first-order chi connectivity index (χ1) is 7.33. The van der Waals surface area contributed by atoms with Crippen molar-refractivity contribution in [3.63, 3.8) is 0 Å². The molecule has 76 valence electrons. The lowest BCUT2D eigenvalue weighted by atomic mass is 9.77. The fourth-order valence-corrected chi connectivity index (χ4v) is 1.59. The largest absolute Gasteiger partial charge is 0.596 e. The van der Waals surface area contributed by atoms with Crippen molar-refractivity contribution < 1.29 is 9.31 Å². The Bertz CT molecular complexity index is 363. The van der Waals surface area contributed by atoms with Gasteiger partial charge in [0.15, 0.2) is 0 Å². The van der Waals surface area contributed by atoms with E-state index in [0.717, 1.165) is 17.9 Å². The van der Waals surface area contributed by atoms with Gasteiger partial charge in [0, 0.05) is 12.2 Å². The second-order valence-electron chi connectivity index (χ2n) is 3.58. The lowest BCUT2D eigenvalue weighted by molar-refractivity contribution is 0.479. The second-order valence-corrected chi connectivity index (χ2v) is 3.58. The summed E-state index contributed by atoms with van der Waals surface area (Å²) in [5, 5.41) is 8.84. The molecule has 0 aliphatic carbocycles. The molecule has 0 bridgehead atoms. The van der Waals surface area contributed by atoms with Crippen LogP contribution in [0.4, 0.5) is 0 Å². The summed E-state index contributed by atoms with van der Waals surface area (Å²) >= 11 is 0. The summed E-state index contributed by atoms with van der Waals surface area (Å²) in [7, 11) is -0.299. The van der Waals surface area contributed by atoms with Crippen molar-refractivity contribution in [3.05, 3.63) is 24.3 Å². The van der Waals surface area contributed by atoms with Gasteiger partial charge in [0.2, 0.25) is 0 Å². The molecule has 0 aromatic heterocycles. The molecule has 1 heterocycles. The van der Waals surface area contributed by atoms with Gasteiger partial charge in [-0.1, -0.05) is 19.1 Å². The van der Waals surface area contributed by atoms with Crippen molar-refractivity contribution in [2.45, 2.75) is 19.7 Å². The van der Waals surface area contributed by atoms with E-state index >= 15 is 0 Å². The van der Waals surface area contributed by atoms with E-state index in [1.54, 1.807) is 0 Å². The molecular formula is C11H12BNO2. The van der Waals surface area contributed by atoms with Gasteiger partial charge < -0.3 is 9.31 Å². The molecule has 0 amide bonds. The van der Waals surface area contributed by atoms with Gasteiger partial charge in [0.1, 0.15) is 11.5 Å². The zero-order valence-corrected chi connectivity index (χ0v) is 8.64. The van der Waals surface area contributed by atoms with Crippen LogP contribution in [-0.2, 0) is 0 Å². The van der Waals surface area contributed by atoms with Crippen LogP contribution in [0.25, 0.3) is 0 Å². The number of benzene rings is 1. The number of nitrogens with zero attached hydrogens (tertiary/aromatic N) is 1. The molecule has 1 aliphatic heterocycles. The zero-order valence-electron chi connectivity index (χ0n) is 8.64. The Labute approximate surface area is 89.8 Å². The molecular weight excluding hydrogens is 189 g/mol. The number of nitriles is 1. The molecule has 1 atom stereocenters. The molecule has 2 rings (SSSR count). The van der Waals surface area contributed by atoms with E-state index in [0.29, 0.717) is 6.32 Å². The number of fused-ring (bicyclic) bond motifs is 1. The number of hydrogen-bond donors (Lipinski definition) is 0.